The van der Waals surface area contributed by atoms with Crippen molar-refractivity contribution in [1.29, 1.82) is 0 Å². The van der Waals surface area contributed by atoms with Gasteiger partial charge in [-0.25, -0.2) is 4.79 Å². The van der Waals surface area contributed by atoms with Crippen molar-refractivity contribution in [2.45, 2.75) is 64.6 Å². The summed E-state index contributed by atoms with van der Waals surface area (Å²) >= 11 is 0. The quantitative estimate of drug-likeness (QED) is 0.673. The number of alkyl carbamates (subject to hydrolysis) is 1. The molecule has 0 aromatic heterocycles. The van der Waals surface area contributed by atoms with Crippen molar-refractivity contribution >= 4 is 6.09 Å². The monoisotopic (exact) mass is 286 g/mol. The van der Waals surface area contributed by atoms with Gasteiger partial charge in [-0.05, 0) is 46.6 Å². The van der Waals surface area contributed by atoms with Crippen molar-refractivity contribution < 1.29 is 14.3 Å². The molecule has 0 bridgehead atoms. The van der Waals surface area contributed by atoms with Crippen LogP contribution in [0.3, 0.4) is 0 Å². The van der Waals surface area contributed by atoms with Gasteiger partial charge in [0.2, 0.25) is 0 Å². The molecule has 0 unspecified atom stereocenters. The number of rotatable bonds is 8. The molecule has 5 nitrogen and oxygen atoms in total. The van der Waals surface area contributed by atoms with E-state index in [0.29, 0.717) is 12.6 Å². The molecule has 0 aromatic carbocycles. The Hall–Kier alpha value is -0.810. The molecule has 5 heteroatoms. The van der Waals surface area contributed by atoms with E-state index in [1.54, 1.807) is 0 Å². The zero-order valence-corrected chi connectivity index (χ0v) is 13.2. The van der Waals surface area contributed by atoms with Crippen LogP contribution < -0.4 is 10.6 Å². The van der Waals surface area contributed by atoms with Crippen LogP contribution >= 0.6 is 0 Å². The molecule has 1 fully saturated rings. The SMILES string of the molecule is CC(C)(C)OC(=O)NCCCNCCOC1CCCC1. The molecular formula is C15H30N2O3. The van der Waals surface area contributed by atoms with E-state index >= 15 is 0 Å². The molecule has 118 valence electrons. The van der Waals surface area contributed by atoms with Gasteiger partial charge < -0.3 is 20.1 Å². The molecule has 1 aliphatic rings. The average Bonchev–Trinajstić information content (AvgIpc) is 2.83. The zero-order valence-electron chi connectivity index (χ0n) is 13.2. The van der Waals surface area contributed by atoms with Crippen LogP contribution in [0.2, 0.25) is 0 Å². The Labute approximate surface area is 122 Å². The topological polar surface area (TPSA) is 59.6 Å². The van der Waals surface area contributed by atoms with Crippen LogP contribution in [0, 0.1) is 0 Å². The Morgan fingerprint density at radius 1 is 1.15 bits per heavy atom. The zero-order chi connectivity index (χ0) is 14.8. The summed E-state index contributed by atoms with van der Waals surface area (Å²) in [7, 11) is 0. The van der Waals surface area contributed by atoms with E-state index in [1.165, 1.54) is 25.7 Å². The highest BCUT2D eigenvalue weighted by atomic mass is 16.6. The molecular weight excluding hydrogens is 256 g/mol. The van der Waals surface area contributed by atoms with E-state index in [2.05, 4.69) is 10.6 Å². The summed E-state index contributed by atoms with van der Waals surface area (Å²) in [5.74, 6) is 0. The maximum absolute atomic E-state index is 11.4. The van der Waals surface area contributed by atoms with E-state index < -0.39 is 5.60 Å². The largest absolute Gasteiger partial charge is 0.444 e. The fourth-order valence-electron chi connectivity index (χ4n) is 2.20. The summed E-state index contributed by atoms with van der Waals surface area (Å²) in [4.78, 5) is 11.4. The van der Waals surface area contributed by atoms with Gasteiger partial charge >= 0.3 is 6.09 Å². The highest BCUT2D eigenvalue weighted by Crippen LogP contribution is 2.20. The molecule has 0 saturated heterocycles. The molecule has 1 aliphatic carbocycles. The Bertz CT molecular complexity index is 271. The first-order valence-corrected chi connectivity index (χ1v) is 7.76. The normalized spacial score (nSPS) is 16.4. The van der Waals surface area contributed by atoms with Crippen molar-refractivity contribution in [2.75, 3.05) is 26.2 Å². The average molecular weight is 286 g/mol. The molecule has 0 spiro atoms. The van der Waals surface area contributed by atoms with Crippen LogP contribution in [0.1, 0.15) is 52.9 Å². The van der Waals surface area contributed by atoms with Gasteiger partial charge in [-0.15, -0.1) is 0 Å². The first kappa shape index (κ1) is 17.2. The predicted octanol–water partition coefficient (Wildman–Crippen LogP) is 2.45. The van der Waals surface area contributed by atoms with E-state index in [-0.39, 0.29) is 6.09 Å². The fourth-order valence-corrected chi connectivity index (χ4v) is 2.20. The summed E-state index contributed by atoms with van der Waals surface area (Å²) in [6.45, 7) is 8.75. The summed E-state index contributed by atoms with van der Waals surface area (Å²) in [6, 6.07) is 0. The molecule has 1 rings (SSSR count). The third kappa shape index (κ3) is 9.15. The van der Waals surface area contributed by atoms with E-state index in [1.807, 2.05) is 20.8 Å². The minimum absolute atomic E-state index is 0.345. The molecule has 1 amide bonds. The Morgan fingerprint density at radius 2 is 1.85 bits per heavy atom. The highest BCUT2D eigenvalue weighted by Gasteiger charge is 2.15. The van der Waals surface area contributed by atoms with Gasteiger partial charge in [0, 0.05) is 13.1 Å². The fraction of sp³-hybridized carbons (Fsp3) is 0.933. The number of nitrogens with one attached hydrogen (secondary N) is 2. The van der Waals surface area contributed by atoms with Crippen LogP contribution in [0.5, 0.6) is 0 Å². The smallest absolute Gasteiger partial charge is 0.407 e. The van der Waals surface area contributed by atoms with Crippen molar-refractivity contribution in [1.82, 2.24) is 10.6 Å². The lowest BCUT2D eigenvalue weighted by Crippen LogP contribution is -2.34. The lowest BCUT2D eigenvalue weighted by atomic mass is 10.2. The maximum Gasteiger partial charge on any atom is 0.407 e. The van der Waals surface area contributed by atoms with Crippen LogP contribution in [0.15, 0.2) is 0 Å². The summed E-state index contributed by atoms with van der Waals surface area (Å²) in [5, 5.41) is 6.06. The first-order valence-electron chi connectivity index (χ1n) is 7.76. The van der Waals surface area contributed by atoms with E-state index in [4.69, 9.17) is 9.47 Å². The molecule has 0 heterocycles. The van der Waals surface area contributed by atoms with Gasteiger partial charge in [0.15, 0.2) is 0 Å². The lowest BCUT2D eigenvalue weighted by molar-refractivity contribution is 0.0525. The number of carbonyl (C=O) groups excluding carboxylic acids is 1. The van der Waals surface area contributed by atoms with Gasteiger partial charge in [0.25, 0.3) is 0 Å². The Kier molecular flexibility index (Phi) is 7.92. The third-order valence-electron chi connectivity index (χ3n) is 3.13. The second kappa shape index (κ2) is 9.19. The van der Waals surface area contributed by atoms with Crippen molar-refractivity contribution in [3.8, 4) is 0 Å². The predicted molar refractivity (Wildman–Crippen MR) is 79.9 cm³/mol. The van der Waals surface area contributed by atoms with Gasteiger partial charge in [0.05, 0.1) is 12.7 Å². The highest BCUT2D eigenvalue weighted by molar-refractivity contribution is 5.67. The van der Waals surface area contributed by atoms with Gasteiger partial charge in [-0.3, -0.25) is 0 Å². The number of hydrogen-bond donors (Lipinski definition) is 2. The van der Waals surface area contributed by atoms with Gasteiger partial charge in [-0.2, -0.15) is 0 Å². The third-order valence-corrected chi connectivity index (χ3v) is 3.13. The Morgan fingerprint density at radius 3 is 2.50 bits per heavy atom. The second-order valence-electron chi connectivity index (χ2n) is 6.31. The molecule has 0 aliphatic heterocycles. The number of hydrogen-bond acceptors (Lipinski definition) is 4. The standard InChI is InChI=1S/C15H30N2O3/c1-15(2,3)20-14(18)17-10-6-9-16-11-12-19-13-7-4-5-8-13/h13,16H,4-12H2,1-3H3,(H,17,18). The molecule has 0 aromatic rings. The number of amides is 1. The van der Waals surface area contributed by atoms with Crippen LogP contribution in [-0.4, -0.2) is 44.0 Å². The number of carbonyl (C=O) groups is 1. The molecule has 2 N–H and O–H groups in total. The summed E-state index contributed by atoms with van der Waals surface area (Å²) in [5.41, 5.74) is -0.431. The first-order chi connectivity index (χ1) is 9.47. The van der Waals surface area contributed by atoms with E-state index in [0.717, 1.165) is 26.1 Å². The minimum atomic E-state index is -0.431. The van der Waals surface area contributed by atoms with Crippen molar-refractivity contribution in [3.63, 3.8) is 0 Å². The van der Waals surface area contributed by atoms with Crippen molar-refractivity contribution in [3.05, 3.63) is 0 Å². The summed E-state index contributed by atoms with van der Waals surface area (Å²) in [6.07, 6.45) is 6.11. The van der Waals surface area contributed by atoms with E-state index in [9.17, 15) is 4.79 Å². The summed E-state index contributed by atoms with van der Waals surface area (Å²) < 4.78 is 10.9. The van der Waals surface area contributed by atoms with Crippen molar-refractivity contribution in [2.24, 2.45) is 0 Å². The molecule has 1 saturated carbocycles. The second-order valence-corrected chi connectivity index (χ2v) is 6.31. The minimum Gasteiger partial charge on any atom is -0.444 e. The molecule has 20 heavy (non-hydrogen) atoms. The Balaban J connectivity index is 1.83. The molecule has 0 radical (unpaired) electrons. The van der Waals surface area contributed by atoms with Gasteiger partial charge in [0.1, 0.15) is 5.60 Å². The van der Waals surface area contributed by atoms with Crippen LogP contribution in [0.25, 0.3) is 0 Å². The lowest BCUT2D eigenvalue weighted by Gasteiger charge is -2.19. The van der Waals surface area contributed by atoms with Crippen LogP contribution in [0.4, 0.5) is 4.79 Å². The van der Waals surface area contributed by atoms with Gasteiger partial charge in [-0.1, -0.05) is 12.8 Å². The number of ether oxygens (including phenoxy) is 2. The maximum atomic E-state index is 11.4. The molecule has 0 atom stereocenters. The van der Waals surface area contributed by atoms with Crippen LogP contribution in [-0.2, 0) is 9.47 Å².